The Morgan fingerprint density at radius 1 is 0.889 bits per heavy atom. The lowest BCUT2D eigenvalue weighted by Crippen LogP contribution is -2.44. The zero-order valence-electron chi connectivity index (χ0n) is 20.9. The zero-order valence-corrected chi connectivity index (χ0v) is 20.9. The van der Waals surface area contributed by atoms with E-state index in [-0.39, 0.29) is 55.8 Å². The predicted octanol–water partition coefficient (Wildman–Crippen LogP) is 4.92. The van der Waals surface area contributed by atoms with Gasteiger partial charge in [-0.15, -0.1) is 0 Å². The number of rotatable bonds is 10. The second-order valence-corrected chi connectivity index (χ2v) is 10.2. The second kappa shape index (κ2) is 12.4. The third-order valence-corrected chi connectivity index (χ3v) is 7.59. The minimum atomic E-state index is -2.62. The molecular weight excluding hydrogens is 460 g/mol. The number of anilines is 1. The van der Waals surface area contributed by atoms with Gasteiger partial charge in [0.1, 0.15) is 0 Å². The van der Waals surface area contributed by atoms with Gasteiger partial charge >= 0.3 is 0 Å². The molecule has 5 nitrogen and oxygen atoms in total. The van der Waals surface area contributed by atoms with Crippen molar-refractivity contribution in [2.45, 2.75) is 51.0 Å². The molecule has 0 atom stereocenters. The number of benzene rings is 2. The molecule has 1 aliphatic heterocycles. The average molecular weight is 498 g/mol. The second-order valence-electron chi connectivity index (χ2n) is 10.2. The summed E-state index contributed by atoms with van der Waals surface area (Å²) in [6.45, 7) is 3.97. The smallest absolute Gasteiger partial charge is 0.248 e. The van der Waals surface area contributed by atoms with Crippen LogP contribution in [0, 0.1) is 11.8 Å². The fourth-order valence-electron chi connectivity index (χ4n) is 5.23. The molecule has 2 aromatic rings. The van der Waals surface area contributed by atoms with Gasteiger partial charge in [-0.2, -0.15) is 0 Å². The van der Waals surface area contributed by atoms with E-state index in [2.05, 4.69) is 15.1 Å². The van der Waals surface area contributed by atoms with E-state index in [1.54, 1.807) is 0 Å². The lowest BCUT2D eigenvalue weighted by atomic mass is 9.84. The number of hydrogen-bond donors (Lipinski definition) is 1. The van der Waals surface area contributed by atoms with Crippen LogP contribution in [0.5, 0.6) is 0 Å². The van der Waals surface area contributed by atoms with Crippen LogP contribution < -0.4 is 10.2 Å². The van der Waals surface area contributed by atoms with Crippen molar-refractivity contribution in [3.8, 4) is 0 Å². The lowest BCUT2D eigenvalue weighted by molar-refractivity contribution is -0.127. The molecule has 7 heteroatoms. The number of alkyl halides is 2. The summed E-state index contributed by atoms with van der Waals surface area (Å²) >= 11 is 0. The van der Waals surface area contributed by atoms with Gasteiger partial charge in [-0.3, -0.25) is 9.59 Å². The fourth-order valence-corrected chi connectivity index (χ4v) is 5.23. The number of ketones is 1. The monoisotopic (exact) mass is 497 g/mol. The van der Waals surface area contributed by atoms with Crippen molar-refractivity contribution >= 4 is 17.4 Å². The first-order valence-electron chi connectivity index (χ1n) is 13.1. The predicted molar refractivity (Wildman–Crippen MR) is 138 cm³/mol. The summed E-state index contributed by atoms with van der Waals surface area (Å²) in [5.74, 6) is -2.70. The summed E-state index contributed by atoms with van der Waals surface area (Å²) in [5, 5.41) is 3.06. The van der Waals surface area contributed by atoms with Gasteiger partial charge in [0.05, 0.1) is 6.54 Å². The number of nitrogens with zero attached hydrogens (tertiary/aromatic N) is 2. The topological polar surface area (TPSA) is 52.7 Å². The molecule has 0 spiro atoms. The molecule has 1 heterocycles. The van der Waals surface area contributed by atoms with E-state index in [0.717, 1.165) is 43.7 Å². The normalized spacial score (nSPS) is 19.1. The first-order valence-corrected chi connectivity index (χ1v) is 13.1. The highest BCUT2D eigenvalue weighted by Crippen LogP contribution is 2.36. The van der Waals surface area contributed by atoms with E-state index in [1.165, 1.54) is 0 Å². The fraction of sp³-hybridized carbons (Fsp3) is 0.517. The average Bonchev–Trinajstić information content (AvgIpc) is 2.91. The molecule has 1 saturated carbocycles. The quantitative estimate of drug-likeness (QED) is 0.507. The molecule has 194 valence electrons. The number of piperidine rings is 1. The molecule has 0 aromatic heterocycles. The number of amides is 1. The third-order valence-electron chi connectivity index (χ3n) is 7.59. The van der Waals surface area contributed by atoms with Crippen LogP contribution in [0.4, 0.5) is 14.5 Å². The van der Waals surface area contributed by atoms with Crippen LogP contribution >= 0.6 is 0 Å². The molecule has 0 radical (unpaired) electrons. The summed E-state index contributed by atoms with van der Waals surface area (Å²) in [5.41, 5.74) is 2.07. The highest BCUT2D eigenvalue weighted by Gasteiger charge is 2.37. The number of halogens is 2. The standard InChI is InChI=1S/C29H37F2N3O2/c30-29(31)15-11-24(12-16-29)27(35)22-34(26-9-5-2-6-10-26)20-19-33-17-13-25(14-18-33)28(36)32-21-23-7-3-1-4-8-23/h1-10,24-25H,11-22H2,(H,32,36). The van der Waals surface area contributed by atoms with Gasteiger partial charge in [-0.1, -0.05) is 48.5 Å². The summed E-state index contributed by atoms with van der Waals surface area (Å²) in [4.78, 5) is 30.0. The molecule has 1 aliphatic carbocycles. The summed E-state index contributed by atoms with van der Waals surface area (Å²) in [6, 6.07) is 19.8. The van der Waals surface area contributed by atoms with Crippen molar-refractivity contribution in [1.29, 1.82) is 0 Å². The van der Waals surface area contributed by atoms with Crippen molar-refractivity contribution in [2.24, 2.45) is 11.8 Å². The van der Waals surface area contributed by atoms with Crippen LogP contribution in [0.15, 0.2) is 60.7 Å². The zero-order chi connectivity index (χ0) is 25.4. The van der Waals surface area contributed by atoms with Crippen LogP contribution in [0.2, 0.25) is 0 Å². The number of nitrogens with one attached hydrogen (secondary N) is 1. The Morgan fingerprint density at radius 2 is 1.50 bits per heavy atom. The number of para-hydroxylation sites is 1. The van der Waals surface area contributed by atoms with Crippen LogP contribution in [-0.4, -0.2) is 55.2 Å². The lowest BCUT2D eigenvalue weighted by Gasteiger charge is -2.34. The number of carbonyl (C=O) groups is 2. The highest BCUT2D eigenvalue weighted by atomic mass is 19.3. The molecule has 4 rings (SSSR count). The molecule has 2 fully saturated rings. The Balaban J connectivity index is 1.25. The van der Waals surface area contributed by atoms with Gasteiger partial charge in [0.2, 0.25) is 11.8 Å². The first kappa shape index (κ1) is 26.3. The van der Waals surface area contributed by atoms with E-state index in [0.29, 0.717) is 13.1 Å². The summed E-state index contributed by atoms with van der Waals surface area (Å²) in [6.07, 6.45) is 1.80. The maximum Gasteiger partial charge on any atom is 0.248 e. The van der Waals surface area contributed by atoms with E-state index in [9.17, 15) is 18.4 Å². The number of carbonyl (C=O) groups excluding carboxylic acids is 2. The van der Waals surface area contributed by atoms with Gasteiger partial charge in [0, 0.05) is 50.0 Å². The SMILES string of the molecule is O=C(CN(CCN1CCC(C(=O)NCc2ccccc2)CC1)c1ccccc1)C1CCC(F)(F)CC1. The molecule has 1 N–H and O–H groups in total. The van der Waals surface area contributed by atoms with E-state index >= 15 is 0 Å². The van der Waals surface area contributed by atoms with E-state index in [4.69, 9.17) is 0 Å². The number of likely N-dealkylation sites (tertiary alicyclic amines) is 1. The first-order chi connectivity index (χ1) is 17.4. The molecule has 2 aliphatic rings. The van der Waals surface area contributed by atoms with Gasteiger partial charge < -0.3 is 15.1 Å². The van der Waals surface area contributed by atoms with Crippen molar-refractivity contribution in [3.05, 3.63) is 66.2 Å². The molecule has 36 heavy (non-hydrogen) atoms. The van der Waals surface area contributed by atoms with E-state index < -0.39 is 5.92 Å². The van der Waals surface area contributed by atoms with Crippen LogP contribution in [0.25, 0.3) is 0 Å². The Hall–Kier alpha value is -2.80. The van der Waals surface area contributed by atoms with Crippen molar-refractivity contribution < 1.29 is 18.4 Å². The number of Topliss-reactive ketones (excluding diaryl/α,β-unsaturated/α-hetero) is 1. The molecule has 1 amide bonds. The Labute approximate surface area is 212 Å². The van der Waals surface area contributed by atoms with E-state index in [1.807, 2.05) is 60.7 Å². The van der Waals surface area contributed by atoms with Crippen molar-refractivity contribution in [1.82, 2.24) is 10.2 Å². The minimum absolute atomic E-state index is 0.0289. The maximum absolute atomic E-state index is 13.5. The minimum Gasteiger partial charge on any atom is -0.363 e. The van der Waals surface area contributed by atoms with Gasteiger partial charge in [0.25, 0.3) is 0 Å². The molecule has 1 saturated heterocycles. The summed E-state index contributed by atoms with van der Waals surface area (Å²) in [7, 11) is 0. The Kier molecular flexibility index (Phi) is 9.08. The molecule has 0 unspecified atom stereocenters. The Morgan fingerprint density at radius 3 is 2.14 bits per heavy atom. The third kappa shape index (κ3) is 7.60. The highest BCUT2D eigenvalue weighted by molar-refractivity contribution is 5.85. The van der Waals surface area contributed by atoms with Crippen LogP contribution in [0.3, 0.4) is 0 Å². The summed E-state index contributed by atoms with van der Waals surface area (Å²) < 4.78 is 27.1. The van der Waals surface area contributed by atoms with Crippen LogP contribution in [0.1, 0.15) is 44.1 Å². The molecule has 0 bridgehead atoms. The Bertz CT molecular complexity index is 969. The van der Waals surface area contributed by atoms with Gasteiger partial charge in [-0.05, 0) is 56.5 Å². The maximum atomic E-state index is 13.5. The molecule has 2 aromatic carbocycles. The largest absolute Gasteiger partial charge is 0.363 e. The van der Waals surface area contributed by atoms with Gasteiger partial charge in [-0.25, -0.2) is 8.78 Å². The van der Waals surface area contributed by atoms with Gasteiger partial charge in [0.15, 0.2) is 5.78 Å². The van der Waals surface area contributed by atoms with Crippen molar-refractivity contribution in [3.63, 3.8) is 0 Å². The molecular formula is C29H37F2N3O2. The van der Waals surface area contributed by atoms with Crippen molar-refractivity contribution in [2.75, 3.05) is 37.6 Å². The van der Waals surface area contributed by atoms with Crippen LogP contribution in [-0.2, 0) is 16.1 Å². The number of hydrogen-bond acceptors (Lipinski definition) is 4.